The van der Waals surface area contributed by atoms with Crippen molar-refractivity contribution < 1.29 is 0 Å². The number of rotatable bonds is 1. The van der Waals surface area contributed by atoms with Gasteiger partial charge in [-0.05, 0) is 32.5 Å². The third kappa shape index (κ3) is 2.42. The second-order valence-corrected chi connectivity index (χ2v) is 4.88. The molecule has 0 bridgehead atoms. The molecule has 0 amide bonds. The van der Waals surface area contributed by atoms with Gasteiger partial charge in [-0.15, -0.1) is 0 Å². The zero-order valence-electron chi connectivity index (χ0n) is 12.2. The van der Waals surface area contributed by atoms with E-state index in [4.69, 9.17) is 5.73 Å². The number of likely N-dealkylation sites (tertiary alicyclic amines) is 1. The topological polar surface area (TPSA) is 60.0 Å². The van der Waals surface area contributed by atoms with Crippen molar-refractivity contribution in [2.45, 2.75) is 33.2 Å². The van der Waals surface area contributed by atoms with E-state index in [1.165, 1.54) is 6.42 Å². The van der Waals surface area contributed by atoms with Gasteiger partial charge in [0.15, 0.2) is 0 Å². The third-order valence-electron chi connectivity index (χ3n) is 3.59. The molecule has 1 saturated heterocycles. The van der Waals surface area contributed by atoms with Crippen molar-refractivity contribution in [1.82, 2.24) is 19.4 Å². The van der Waals surface area contributed by atoms with E-state index in [9.17, 15) is 0 Å². The molecule has 5 heteroatoms. The predicted molar refractivity (Wildman–Crippen MR) is 79.2 cm³/mol. The first-order valence-electron chi connectivity index (χ1n) is 6.93. The molecule has 1 fully saturated rings. The van der Waals surface area contributed by atoms with Gasteiger partial charge in [0.25, 0.3) is 0 Å². The molecule has 2 aromatic heterocycles. The Balaban J connectivity index is 0.000000637. The van der Waals surface area contributed by atoms with Gasteiger partial charge >= 0.3 is 0 Å². The quantitative estimate of drug-likeness (QED) is 0.855. The molecule has 1 atom stereocenters. The third-order valence-corrected chi connectivity index (χ3v) is 3.59. The molecule has 5 nitrogen and oxygen atoms in total. The van der Waals surface area contributed by atoms with Crippen LogP contribution in [0.3, 0.4) is 0 Å². The smallest absolute Gasteiger partial charge is 0.146 e. The minimum Gasteiger partial charge on any atom is -0.383 e. The Labute approximate surface area is 114 Å². The fraction of sp³-hybridized carbons (Fsp3) is 0.571. The first-order chi connectivity index (χ1) is 9.16. The van der Waals surface area contributed by atoms with Crippen LogP contribution in [0.15, 0.2) is 12.5 Å². The highest BCUT2D eigenvalue weighted by atomic mass is 15.2. The molecule has 3 heterocycles. The van der Waals surface area contributed by atoms with Crippen molar-refractivity contribution in [1.29, 1.82) is 0 Å². The van der Waals surface area contributed by atoms with E-state index in [0.717, 1.165) is 29.7 Å². The summed E-state index contributed by atoms with van der Waals surface area (Å²) in [7, 11) is 2.15. The maximum atomic E-state index is 5.92. The number of aryl methyl sites for hydroxylation is 1. The molecule has 0 spiro atoms. The summed E-state index contributed by atoms with van der Waals surface area (Å²) >= 11 is 0. The molecule has 1 aliphatic rings. The highest BCUT2D eigenvalue weighted by molar-refractivity contribution is 5.89. The maximum absolute atomic E-state index is 5.92. The van der Waals surface area contributed by atoms with Gasteiger partial charge in [0, 0.05) is 18.8 Å². The van der Waals surface area contributed by atoms with Crippen LogP contribution >= 0.6 is 0 Å². The standard InChI is InChI=1S/C12H17N5.C2H6/c1-8-5-17(9-3-4-16(2)6-9)12-10(8)11(13)14-7-15-12;1-2/h5,7,9H,3-4,6H2,1-2H3,(H2,13,14,15);1-2H3. The van der Waals surface area contributed by atoms with E-state index in [1.807, 2.05) is 13.8 Å². The highest BCUT2D eigenvalue weighted by Gasteiger charge is 2.23. The van der Waals surface area contributed by atoms with Crippen molar-refractivity contribution in [2.24, 2.45) is 0 Å². The van der Waals surface area contributed by atoms with Crippen molar-refractivity contribution in [3.8, 4) is 0 Å². The lowest BCUT2D eigenvalue weighted by atomic mass is 10.2. The van der Waals surface area contributed by atoms with E-state index in [2.05, 4.69) is 39.6 Å². The fourth-order valence-electron chi connectivity index (χ4n) is 2.72. The number of nitrogen functional groups attached to an aromatic ring is 1. The lowest BCUT2D eigenvalue weighted by molar-refractivity contribution is 0.394. The molecule has 1 unspecified atom stereocenters. The first-order valence-corrected chi connectivity index (χ1v) is 6.93. The van der Waals surface area contributed by atoms with Crippen LogP contribution in [0.2, 0.25) is 0 Å². The zero-order chi connectivity index (χ0) is 14.0. The molecule has 0 saturated carbocycles. The molecular formula is C14H23N5. The minimum atomic E-state index is 0.505. The summed E-state index contributed by atoms with van der Waals surface area (Å²) in [6.45, 7) is 8.29. The monoisotopic (exact) mass is 261 g/mol. The Kier molecular flexibility index (Phi) is 4.04. The summed E-state index contributed by atoms with van der Waals surface area (Å²) in [6.07, 6.45) is 4.87. The molecular weight excluding hydrogens is 238 g/mol. The molecule has 104 valence electrons. The maximum Gasteiger partial charge on any atom is 0.146 e. The van der Waals surface area contributed by atoms with Crippen LogP contribution in [0, 0.1) is 6.92 Å². The van der Waals surface area contributed by atoms with Crippen LogP contribution < -0.4 is 5.73 Å². The summed E-state index contributed by atoms with van der Waals surface area (Å²) in [5.41, 5.74) is 8.05. The van der Waals surface area contributed by atoms with Gasteiger partial charge in [-0.25, -0.2) is 9.97 Å². The number of nitrogens with zero attached hydrogens (tertiary/aromatic N) is 4. The van der Waals surface area contributed by atoms with Crippen LogP contribution in [0.1, 0.15) is 31.9 Å². The number of hydrogen-bond acceptors (Lipinski definition) is 4. The van der Waals surface area contributed by atoms with Gasteiger partial charge in [-0.3, -0.25) is 0 Å². The van der Waals surface area contributed by atoms with Crippen LogP contribution in [0.5, 0.6) is 0 Å². The highest BCUT2D eigenvalue weighted by Crippen LogP contribution is 2.29. The van der Waals surface area contributed by atoms with Gasteiger partial charge in [-0.1, -0.05) is 13.8 Å². The molecule has 3 rings (SSSR count). The van der Waals surface area contributed by atoms with Crippen LogP contribution in [0.25, 0.3) is 11.0 Å². The summed E-state index contributed by atoms with van der Waals surface area (Å²) in [4.78, 5) is 10.8. The summed E-state index contributed by atoms with van der Waals surface area (Å²) in [6, 6.07) is 0.505. The van der Waals surface area contributed by atoms with Gasteiger partial charge in [-0.2, -0.15) is 0 Å². The Hall–Kier alpha value is -1.62. The molecule has 2 aromatic rings. The average molecular weight is 261 g/mol. The molecule has 0 radical (unpaired) electrons. The van der Waals surface area contributed by atoms with Gasteiger partial charge in [0.05, 0.1) is 5.39 Å². The normalized spacial score (nSPS) is 19.5. The molecule has 1 aliphatic heterocycles. The molecule has 0 aromatic carbocycles. The van der Waals surface area contributed by atoms with E-state index in [-0.39, 0.29) is 0 Å². The van der Waals surface area contributed by atoms with Crippen molar-refractivity contribution >= 4 is 16.9 Å². The average Bonchev–Trinajstić information content (AvgIpc) is 2.97. The molecule has 19 heavy (non-hydrogen) atoms. The molecule has 2 N–H and O–H groups in total. The number of fused-ring (bicyclic) bond motifs is 1. The van der Waals surface area contributed by atoms with Gasteiger partial charge in [0.2, 0.25) is 0 Å². The van der Waals surface area contributed by atoms with E-state index in [0.29, 0.717) is 11.9 Å². The van der Waals surface area contributed by atoms with Crippen LogP contribution in [-0.2, 0) is 0 Å². The van der Waals surface area contributed by atoms with Gasteiger partial charge in [0.1, 0.15) is 17.8 Å². The Morgan fingerprint density at radius 1 is 1.32 bits per heavy atom. The second kappa shape index (κ2) is 5.57. The van der Waals surface area contributed by atoms with Crippen LogP contribution in [0.4, 0.5) is 5.82 Å². The van der Waals surface area contributed by atoms with E-state index >= 15 is 0 Å². The number of aromatic nitrogens is 3. The summed E-state index contributed by atoms with van der Waals surface area (Å²) in [5.74, 6) is 0.581. The number of anilines is 1. The van der Waals surface area contributed by atoms with Crippen molar-refractivity contribution in [3.05, 3.63) is 18.1 Å². The zero-order valence-corrected chi connectivity index (χ0v) is 12.2. The Morgan fingerprint density at radius 2 is 2.05 bits per heavy atom. The van der Waals surface area contributed by atoms with E-state index in [1.54, 1.807) is 6.33 Å². The number of hydrogen-bond donors (Lipinski definition) is 1. The fourth-order valence-corrected chi connectivity index (χ4v) is 2.72. The molecule has 0 aliphatic carbocycles. The number of likely N-dealkylation sites (N-methyl/N-ethyl adjacent to an activating group) is 1. The lowest BCUT2D eigenvalue weighted by Gasteiger charge is -2.13. The van der Waals surface area contributed by atoms with E-state index < -0.39 is 0 Å². The number of nitrogens with two attached hydrogens (primary N) is 1. The van der Waals surface area contributed by atoms with Gasteiger partial charge < -0.3 is 15.2 Å². The summed E-state index contributed by atoms with van der Waals surface area (Å²) in [5, 5.41) is 1.00. The van der Waals surface area contributed by atoms with Crippen molar-refractivity contribution in [3.63, 3.8) is 0 Å². The minimum absolute atomic E-state index is 0.505. The largest absolute Gasteiger partial charge is 0.383 e. The second-order valence-electron chi connectivity index (χ2n) is 4.88. The summed E-state index contributed by atoms with van der Waals surface area (Å²) < 4.78 is 2.26. The van der Waals surface area contributed by atoms with Crippen LogP contribution in [-0.4, -0.2) is 39.6 Å². The Morgan fingerprint density at radius 3 is 2.68 bits per heavy atom. The first kappa shape index (κ1) is 13.8. The van der Waals surface area contributed by atoms with Crippen molar-refractivity contribution in [2.75, 3.05) is 25.9 Å². The Bertz CT molecular complexity index is 560. The predicted octanol–water partition coefficient (Wildman–Crippen LogP) is 2.22. The lowest BCUT2D eigenvalue weighted by Crippen LogP contribution is -2.16. The SMILES string of the molecule is CC.Cc1cn(C2CCN(C)C2)c2ncnc(N)c12.